The minimum atomic E-state index is 0.857. The molecule has 0 aliphatic carbocycles. The van der Waals surface area contributed by atoms with Crippen molar-refractivity contribution < 1.29 is 0 Å². The van der Waals surface area contributed by atoms with Gasteiger partial charge in [-0.25, -0.2) is 9.67 Å². The maximum atomic E-state index is 4.40. The number of benzene rings is 1. The zero-order chi connectivity index (χ0) is 13.1. The largest absolute Gasteiger partial charge is 0.385 e. The number of para-hydroxylation sites is 1. The molecule has 1 aliphatic rings. The molecule has 4 nitrogen and oxygen atoms in total. The Kier molecular flexibility index (Phi) is 3.49. The van der Waals surface area contributed by atoms with E-state index in [4.69, 9.17) is 0 Å². The summed E-state index contributed by atoms with van der Waals surface area (Å²) >= 11 is 0. The van der Waals surface area contributed by atoms with E-state index in [0.29, 0.717) is 0 Å². The summed E-state index contributed by atoms with van der Waals surface area (Å²) in [5.74, 6) is 1.06. The van der Waals surface area contributed by atoms with Gasteiger partial charge in [0.25, 0.3) is 0 Å². The molecule has 0 radical (unpaired) electrons. The van der Waals surface area contributed by atoms with E-state index in [0.717, 1.165) is 31.8 Å². The molecule has 4 heteroatoms. The molecule has 0 amide bonds. The topological polar surface area (TPSA) is 42.7 Å². The van der Waals surface area contributed by atoms with Crippen molar-refractivity contribution in [3.05, 3.63) is 41.5 Å². The second kappa shape index (κ2) is 5.43. The van der Waals surface area contributed by atoms with Crippen molar-refractivity contribution >= 4 is 5.69 Å². The van der Waals surface area contributed by atoms with E-state index in [-0.39, 0.29) is 0 Å². The monoisotopic (exact) mass is 256 g/mol. The Morgan fingerprint density at radius 2 is 2.32 bits per heavy atom. The van der Waals surface area contributed by atoms with Crippen LogP contribution in [-0.4, -0.2) is 21.3 Å². The highest BCUT2D eigenvalue weighted by atomic mass is 15.3. The van der Waals surface area contributed by atoms with Crippen molar-refractivity contribution in [1.29, 1.82) is 0 Å². The maximum absolute atomic E-state index is 4.40. The number of aromatic nitrogens is 3. The summed E-state index contributed by atoms with van der Waals surface area (Å²) in [7, 11) is 0. The van der Waals surface area contributed by atoms with Crippen LogP contribution < -0.4 is 5.32 Å². The molecular weight excluding hydrogens is 236 g/mol. The Hall–Kier alpha value is -1.84. The molecule has 0 spiro atoms. The van der Waals surface area contributed by atoms with Crippen LogP contribution in [0.5, 0.6) is 0 Å². The highest BCUT2D eigenvalue weighted by Gasteiger charge is 2.14. The van der Waals surface area contributed by atoms with Crippen LogP contribution in [0.15, 0.2) is 24.5 Å². The van der Waals surface area contributed by atoms with Crippen molar-refractivity contribution in [3.8, 4) is 0 Å². The summed E-state index contributed by atoms with van der Waals surface area (Å²) in [6.45, 7) is 4.18. The molecule has 0 saturated carbocycles. The van der Waals surface area contributed by atoms with E-state index < -0.39 is 0 Å². The molecular formula is C15H20N4. The number of rotatable bonds is 4. The SMILES string of the molecule is CCCn1ncnc1Cc1cccc2c1NCCC2. The zero-order valence-electron chi connectivity index (χ0n) is 11.4. The quantitative estimate of drug-likeness (QED) is 0.914. The van der Waals surface area contributed by atoms with Crippen LogP contribution in [0.2, 0.25) is 0 Å². The highest BCUT2D eigenvalue weighted by molar-refractivity contribution is 5.59. The first-order valence-corrected chi connectivity index (χ1v) is 7.10. The predicted molar refractivity (Wildman–Crippen MR) is 76.4 cm³/mol. The number of fused-ring (bicyclic) bond motifs is 1. The minimum absolute atomic E-state index is 0.857. The number of nitrogens with zero attached hydrogens (tertiary/aromatic N) is 3. The van der Waals surface area contributed by atoms with Crippen molar-refractivity contribution in [2.75, 3.05) is 11.9 Å². The van der Waals surface area contributed by atoms with Gasteiger partial charge in [0.05, 0.1) is 0 Å². The molecule has 2 aromatic rings. The molecule has 0 atom stereocenters. The lowest BCUT2D eigenvalue weighted by Gasteiger charge is -2.21. The molecule has 1 aromatic heterocycles. The first-order chi connectivity index (χ1) is 9.38. The lowest BCUT2D eigenvalue weighted by molar-refractivity contribution is 0.575. The summed E-state index contributed by atoms with van der Waals surface area (Å²) in [4.78, 5) is 4.40. The minimum Gasteiger partial charge on any atom is -0.385 e. The molecule has 19 heavy (non-hydrogen) atoms. The lowest BCUT2D eigenvalue weighted by atomic mass is 9.98. The van der Waals surface area contributed by atoms with Crippen LogP contribution in [0.1, 0.15) is 36.7 Å². The molecule has 1 N–H and O–H groups in total. The molecule has 1 aromatic carbocycles. The standard InChI is InChI=1S/C15H20N4/c1-2-9-19-14(17-11-18-19)10-13-6-3-5-12-7-4-8-16-15(12)13/h3,5-6,11,16H,2,4,7-10H2,1H3. The second-order valence-electron chi connectivity index (χ2n) is 5.06. The first kappa shape index (κ1) is 12.2. The summed E-state index contributed by atoms with van der Waals surface area (Å²) in [5, 5.41) is 7.84. The highest BCUT2D eigenvalue weighted by Crippen LogP contribution is 2.27. The lowest BCUT2D eigenvalue weighted by Crippen LogP contribution is -2.14. The van der Waals surface area contributed by atoms with Gasteiger partial charge in [0, 0.05) is 25.2 Å². The molecule has 0 fully saturated rings. The van der Waals surface area contributed by atoms with Crippen molar-refractivity contribution in [1.82, 2.24) is 14.8 Å². The van der Waals surface area contributed by atoms with E-state index in [1.54, 1.807) is 6.33 Å². The Bertz CT molecular complexity index is 559. The zero-order valence-corrected chi connectivity index (χ0v) is 11.4. The third-order valence-corrected chi connectivity index (χ3v) is 3.64. The molecule has 2 heterocycles. The normalized spacial score (nSPS) is 13.9. The third kappa shape index (κ3) is 2.48. The van der Waals surface area contributed by atoms with Gasteiger partial charge >= 0.3 is 0 Å². The fourth-order valence-electron chi connectivity index (χ4n) is 2.72. The molecule has 3 rings (SSSR count). The van der Waals surface area contributed by atoms with Crippen LogP contribution in [-0.2, 0) is 19.4 Å². The van der Waals surface area contributed by atoms with Gasteiger partial charge in [-0.3, -0.25) is 0 Å². The van der Waals surface area contributed by atoms with Crippen molar-refractivity contribution in [2.24, 2.45) is 0 Å². The van der Waals surface area contributed by atoms with E-state index in [9.17, 15) is 0 Å². The smallest absolute Gasteiger partial charge is 0.138 e. The number of hydrogen-bond donors (Lipinski definition) is 1. The third-order valence-electron chi connectivity index (χ3n) is 3.64. The average molecular weight is 256 g/mol. The fraction of sp³-hybridized carbons (Fsp3) is 0.467. The fourth-order valence-corrected chi connectivity index (χ4v) is 2.72. The van der Waals surface area contributed by atoms with Gasteiger partial charge in [-0.15, -0.1) is 0 Å². The molecule has 0 saturated heterocycles. The van der Waals surface area contributed by atoms with Crippen molar-refractivity contribution in [2.45, 2.75) is 39.2 Å². The molecule has 1 aliphatic heterocycles. The van der Waals surface area contributed by atoms with Gasteiger partial charge in [0.1, 0.15) is 12.2 Å². The Morgan fingerprint density at radius 1 is 1.37 bits per heavy atom. The molecule has 0 bridgehead atoms. The van der Waals surface area contributed by atoms with Crippen LogP contribution in [0.4, 0.5) is 5.69 Å². The molecule has 100 valence electrons. The van der Waals surface area contributed by atoms with E-state index in [2.05, 4.69) is 40.5 Å². The molecule has 0 unspecified atom stereocenters. The number of hydrogen-bond acceptors (Lipinski definition) is 3. The Balaban J connectivity index is 1.88. The number of anilines is 1. The predicted octanol–water partition coefficient (Wildman–Crippen LogP) is 2.64. The van der Waals surface area contributed by atoms with Crippen LogP contribution in [0.25, 0.3) is 0 Å². The van der Waals surface area contributed by atoms with Crippen LogP contribution in [0.3, 0.4) is 0 Å². The van der Waals surface area contributed by atoms with Crippen LogP contribution >= 0.6 is 0 Å². The van der Waals surface area contributed by atoms with E-state index >= 15 is 0 Å². The number of aryl methyl sites for hydroxylation is 2. The summed E-state index contributed by atoms with van der Waals surface area (Å²) in [5.41, 5.74) is 4.09. The van der Waals surface area contributed by atoms with E-state index in [1.165, 1.54) is 29.7 Å². The second-order valence-corrected chi connectivity index (χ2v) is 5.06. The van der Waals surface area contributed by atoms with Gasteiger partial charge in [0.2, 0.25) is 0 Å². The number of nitrogens with one attached hydrogen (secondary N) is 1. The Labute approximate surface area is 113 Å². The summed E-state index contributed by atoms with van der Waals surface area (Å²) in [6, 6.07) is 6.57. The first-order valence-electron chi connectivity index (χ1n) is 7.10. The van der Waals surface area contributed by atoms with Gasteiger partial charge in [-0.2, -0.15) is 5.10 Å². The summed E-state index contributed by atoms with van der Waals surface area (Å²) < 4.78 is 2.02. The maximum Gasteiger partial charge on any atom is 0.138 e. The van der Waals surface area contributed by atoms with Gasteiger partial charge in [-0.05, 0) is 30.4 Å². The Morgan fingerprint density at radius 3 is 3.21 bits per heavy atom. The van der Waals surface area contributed by atoms with Crippen LogP contribution in [0, 0.1) is 0 Å². The van der Waals surface area contributed by atoms with Gasteiger partial charge in [-0.1, -0.05) is 25.1 Å². The average Bonchev–Trinajstić information content (AvgIpc) is 2.87. The summed E-state index contributed by atoms with van der Waals surface area (Å²) in [6.07, 6.45) is 6.01. The van der Waals surface area contributed by atoms with Gasteiger partial charge < -0.3 is 5.32 Å². The van der Waals surface area contributed by atoms with E-state index in [1.807, 2.05) is 4.68 Å². The van der Waals surface area contributed by atoms with Crippen molar-refractivity contribution in [3.63, 3.8) is 0 Å². The van der Waals surface area contributed by atoms with Gasteiger partial charge in [0.15, 0.2) is 0 Å².